The quantitative estimate of drug-likeness (QED) is 0.630. The topological polar surface area (TPSA) is 51.6 Å². The first-order valence-electron chi connectivity index (χ1n) is 3.00. The first-order valence-corrected chi connectivity index (χ1v) is 3.78. The van der Waals surface area contributed by atoms with Crippen LogP contribution in [-0.2, 0) is 0 Å². The summed E-state index contributed by atoms with van der Waals surface area (Å²) >= 11 is 1.31. The summed E-state index contributed by atoms with van der Waals surface area (Å²) in [6, 6.07) is 0. The molecule has 11 heavy (non-hydrogen) atoms. The van der Waals surface area contributed by atoms with E-state index in [2.05, 4.69) is 19.6 Å². The van der Waals surface area contributed by atoms with Crippen LogP contribution in [0.4, 0.5) is 0 Å². The van der Waals surface area contributed by atoms with Gasteiger partial charge in [-0.3, -0.25) is 9.97 Å². The Morgan fingerprint density at radius 2 is 2.18 bits per heavy atom. The van der Waals surface area contributed by atoms with Crippen LogP contribution >= 0.6 is 11.5 Å². The molecule has 2 aromatic heterocycles. The van der Waals surface area contributed by atoms with Crippen molar-refractivity contribution >= 4 is 11.5 Å². The number of nitrogens with zero attached hydrogens (tertiary/aromatic N) is 4. The van der Waals surface area contributed by atoms with Crippen LogP contribution in [0.15, 0.2) is 24.8 Å². The van der Waals surface area contributed by atoms with E-state index in [-0.39, 0.29) is 0 Å². The van der Waals surface area contributed by atoms with E-state index in [9.17, 15) is 0 Å². The fraction of sp³-hybridized carbons (Fsp3) is 0. The summed E-state index contributed by atoms with van der Waals surface area (Å²) in [4.78, 5) is 8.96. The van der Waals surface area contributed by atoms with Crippen LogP contribution in [0.5, 0.6) is 0 Å². The minimum Gasteiger partial charge on any atom is -0.261 e. The van der Waals surface area contributed by atoms with Crippen molar-refractivity contribution in [2.75, 3.05) is 0 Å². The van der Waals surface area contributed by atoms with E-state index in [0.717, 1.165) is 10.6 Å². The summed E-state index contributed by atoms with van der Waals surface area (Å²) in [5, 5.41) is 3.70. The zero-order valence-corrected chi connectivity index (χ0v) is 6.32. The minimum atomic E-state index is 0.822. The highest BCUT2D eigenvalue weighted by molar-refractivity contribution is 7.09. The van der Waals surface area contributed by atoms with Gasteiger partial charge in [0, 0.05) is 12.4 Å². The van der Waals surface area contributed by atoms with Gasteiger partial charge in [0.2, 0.25) is 0 Å². The Kier molecular flexibility index (Phi) is 1.57. The average molecular weight is 164 g/mol. The zero-order chi connectivity index (χ0) is 7.52. The Labute approximate surface area is 67.1 Å². The van der Waals surface area contributed by atoms with E-state index in [1.54, 1.807) is 24.8 Å². The van der Waals surface area contributed by atoms with Gasteiger partial charge in [0.1, 0.15) is 5.69 Å². The van der Waals surface area contributed by atoms with Crippen LogP contribution in [0.1, 0.15) is 0 Å². The second kappa shape index (κ2) is 2.71. The third-order valence-electron chi connectivity index (χ3n) is 1.18. The maximum atomic E-state index is 4.09. The molecule has 54 valence electrons. The van der Waals surface area contributed by atoms with Gasteiger partial charge in [-0.1, -0.05) is 4.49 Å². The smallest absolute Gasteiger partial charge is 0.102 e. The van der Waals surface area contributed by atoms with E-state index >= 15 is 0 Å². The second-order valence-corrected chi connectivity index (χ2v) is 2.66. The van der Waals surface area contributed by atoms with Crippen molar-refractivity contribution in [3.63, 3.8) is 0 Å². The number of hydrogen-bond acceptors (Lipinski definition) is 5. The molecule has 0 N–H and O–H groups in total. The molecule has 0 saturated heterocycles. The lowest BCUT2D eigenvalue weighted by Crippen LogP contribution is -1.79. The largest absolute Gasteiger partial charge is 0.261 e. The fourth-order valence-corrected chi connectivity index (χ4v) is 1.18. The van der Waals surface area contributed by atoms with Gasteiger partial charge >= 0.3 is 0 Å². The molecule has 2 heterocycles. The summed E-state index contributed by atoms with van der Waals surface area (Å²) in [5.74, 6) is 0. The van der Waals surface area contributed by atoms with E-state index in [1.165, 1.54) is 11.5 Å². The molecule has 0 bridgehead atoms. The van der Waals surface area contributed by atoms with Gasteiger partial charge in [0.15, 0.2) is 0 Å². The number of rotatable bonds is 1. The Hall–Kier alpha value is -1.36. The van der Waals surface area contributed by atoms with Gasteiger partial charge in [0.05, 0.1) is 17.3 Å². The van der Waals surface area contributed by atoms with E-state index in [0.29, 0.717) is 0 Å². The van der Waals surface area contributed by atoms with Crippen LogP contribution in [0, 0.1) is 0 Å². The molecule has 0 unspecified atom stereocenters. The average Bonchev–Trinajstić information content (AvgIpc) is 2.58. The monoisotopic (exact) mass is 164 g/mol. The van der Waals surface area contributed by atoms with Crippen LogP contribution < -0.4 is 0 Å². The molecule has 2 aromatic rings. The maximum absolute atomic E-state index is 4.09. The van der Waals surface area contributed by atoms with Crippen LogP contribution in [-0.4, -0.2) is 19.6 Å². The van der Waals surface area contributed by atoms with Crippen molar-refractivity contribution in [1.29, 1.82) is 0 Å². The SMILES string of the molecule is c1cnc(-c2cnns2)cn1. The molecule has 4 nitrogen and oxygen atoms in total. The third-order valence-corrected chi connectivity index (χ3v) is 1.86. The van der Waals surface area contributed by atoms with Crippen molar-refractivity contribution in [1.82, 2.24) is 19.6 Å². The first-order chi connectivity index (χ1) is 5.47. The van der Waals surface area contributed by atoms with E-state index in [4.69, 9.17) is 0 Å². The molecular weight excluding hydrogens is 160 g/mol. The van der Waals surface area contributed by atoms with Crippen molar-refractivity contribution in [2.24, 2.45) is 0 Å². The van der Waals surface area contributed by atoms with Gasteiger partial charge in [-0.25, -0.2) is 0 Å². The molecule has 2 rings (SSSR count). The van der Waals surface area contributed by atoms with Crippen LogP contribution in [0.25, 0.3) is 10.6 Å². The highest BCUT2D eigenvalue weighted by atomic mass is 32.1. The molecule has 0 fully saturated rings. The Bertz CT molecular complexity index is 318. The van der Waals surface area contributed by atoms with Crippen molar-refractivity contribution in [2.45, 2.75) is 0 Å². The lowest BCUT2D eigenvalue weighted by atomic mass is 10.4. The highest BCUT2D eigenvalue weighted by Crippen LogP contribution is 2.16. The molecule has 0 aliphatic rings. The molecular formula is C6H4N4S. The molecule has 0 aliphatic heterocycles. The predicted molar refractivity (Wildman–Crippen MR) is 40.9 cm³/mol. The van der Waals surface area contributed by atoms with E-state index in [1.807, 2.05) is 0 Å². The maximum Gasteiger partial charge on any atom is 0.102 e. The molecule has 0 spiro atoms. The molecule has 0 atom stereocenters. The van der Waals surface area contributed by atoms with Crippen molar-refractivity contribution in [3.05, 3.63) is 24.8 Å². The van der Waals surface area contributed by atoms with E-state index < -0.39 is 0 Å². The van der Waals surface area contributed by atoms with Gasteiger partial charge in [-0.2, -0.15) is 0 Å². The summed E-state index contributed by atoms with van der Waals surface area (Å²) in [6.07, 6.45) is 6.65. The molecule has 0 aromatic carbocycles. The third kappa shape index (κ3) is 1.22. The Morgan fingerprint density at radius 3 is 2.82 bits per heavy atom. The fourth-order valence-electron chi connectivity index (χ4n) is 0.706. The molecule has 0 saturated carbocycles. The van der Waals surface area contributed by atoms with Gasteiger partial charge in [-0.05, 0) is 11.5 Å². The first kappa shape index (κ1) is 6.36. The Morgan fingerprint density at radius 1 is 1.18 bits per heavy atom. The number of hydrogen-bond donors (Lipinski definition) is 0. The highest BCUT2D eigenvalue weighted by Gasteiger charge is 1.99. The van der Waals surface area contributed by atoms with Gasteiger partial charge in [-0.15, -0.1) is 5.10 Å². The summed E-state index contributed by atoms with van der Waals surface area (Å²) in [5.41, 5.74) is 0.822. The molecule has 0 radical (unpaired) electrons. The Balaban J connectivity index is 2.46. The van der Waals surface area contributed by atoms with Gasteiger partial charge in [0.25, 0.3) is 0 Å². The van der Waals surface area contributed by atoms with Crippen molar-refractivity contribution in [3.8, 4) is 10.6 Å². The lowest BCUT2D eigenvalue weighted by molar-refractivity contribution is 1.15. The van der Waals surface area contributed by atoms with Crippen LogP contribution in [0.3, 0.4) is 0 Å². The zero-order valence-electron chi connectivity index (χ0n) is 5.51. The second-order valence-electron chi connectivity index (χ2n) is 1.87. The minimum absolute atomic E-state index is 0.822. The van der Waals surface area contributed by atoms with Gasteiger partial charge < -0.3 is 0 Å². The lowest BCUT2D eigenvalue weighted by Gasteiger charge is -1.89. The summed E-state index contributed by atoms with van der Waals surface area (Å²) in [6.45, 7) is 0. The number of aromatic nitrogens is 4. The normalized spacial score (nSPS) is 9.82. The molecule has 0 aliphatic carbocycles. The summed E-state index contributed by atoms with van der Waals surface area (Å²) in [7, 11) is 0. The molecule has 0 amide bonds. The van der Waals surface area contributed by atoms with Crippen molar-refractivity contribution < 1.29 is 0 Å². The van der Waals surface area contributed by atoms with Crippen LogP contribution in [0.2, 0.25) is 0 Å². The summed E-state index contributed by atoms with van der Waals surface area (Å²) < 4.78 is 3.72. The predicted octanol–water partition coefficient (Wildman–Crippen LogP) is 0.995. The molecule has 5 heteroatoms. The standard InChI is InChI=1S/C6H4N4S/c1-2-8-5(3-7-1)6-4-9-10-11-6/h1-4H.